The molecule has 2 unspecified atom stereocenters. The third kappa shape index (κ3) is 3.25. The summed E-state index contributed by atoms with van der Waals surface area (Å²) in [4.78, 5) is 40.5. The van der Waals surface area contributed by atoms with Crippen LogP contribution in [0.5, 0.6) is 0 Å². The molecule has 0 aliphatic carbocycles. The highest BCUT2D eigenvalue weighted by atomic mass is 16.2. The van der Waals surface area contributed by atoms with Gasteiger partial charge >= 0.3 is 0 Å². The van der Waals surface area contributed by atoms with Gasteiger partial charge in [0.1, 0.15) is 6.04 Å². The van der Waals surface area contributed by atoms with Crippen molar-refractivity contribution in [1.82, 2.24) is 10.2 Å². The maximum atomic E-state index is 13.0. The number of para-hydroxylation sites is 1. The lowest BCUT2D eigenvalue weighted by atomic mass is 9.97. The molecular formula is C23H24N4O3. The lowest BCUT2D eigenvalue weighted by molar-refractivity contribution is -0.136. The van der Waals surface area contributed by atoms with E-state index in [1.807, 2.05) is 30.3 Å². The molecule has 1 saturated heterocycles. The Bertz CT molecular complexity index is 1050. The summed E-state index contributed by atoms with van der Waals surface area (Å²) in [5.74, 6) is -0.800. The summed E-state index contributed by atoms with van der Waals surface area (Å²) < 4.78 is 0. The smallest absolute Gasteiger partial charge is 0.255 e. The SMILES string of the molecule is NC1Cc2ccccc2N(Cc2ccc3c(c2)C(=O)N(C2CCC(=O)NC2=O)C3)C1. The van der Waals surface area contributed by atoms with E-state index < -0.39 is 6.04 Å². The van der Waals surface area contributed by atoms with Gasteiger partial charge in [-0.1, -0.05) is 30.3 Å². The number of fused-ring (bicyclic) bond motifs is 2. The van der Waals surface area contributed by atoms with Crippen LogP contribution < -0.4 is 16.0 Å². The Morgan fingerprint density at radius 1 is 1.07 bits per heavy atom. The maximum absolute atomic E-state index is 13.0. The van der Waals surface area contributed by atoms with Crippen molar-refractivity contribution in [3.63, 3.8) is 0 Å². The highest BCUT2D eigenvalue weighted by molar-refractivity contribution is 6.05. The summed E-state index contributed by atoms with van der Waals surface area (Å²) in [5, 5.41) is 2.34. The van der Waals surface area contributed by atoms with Crippen LogP contribution in [0.15, 0.2) is 42.5 Å². The van der Waals surface area contributed by atoms with Gasteiger partial charge in [0, 0.05) is 43.3 Å². The summed E-state index contributed by atoms with van der Waals surface area (Å²) in [6.07, 6.45) is 1.51. The van der Waals surface area contributed by atoms with Crippen molar-refractivity contribution in [2.45, 2.75) is 44.4 Å². The molecule has 0 radical (unpaired) electrons. The molecule has 0 bridgehead atoms. The molecular weight excluding hydrogens is 380 g/mol. The zero-order valence-electron chi connectivity index (χ0n) is 16.6. The first kappa shape index (κ1) is 18.8. The first-order chi connectivity index (χ1) is 14.5. The summed E-state index contributed by atoms with van der Waals surface area (Å²) in [7, 11) is 0. The zero-order chi connectivity index (χ0) is 20.8. The minimum Gasteiger partial charge on any atom is -0.365 e. The van der Waals surface area contributed by atoms with Crippen molar-refractivity contribution in [2.24, 2.45) is 5.73 Å². The van der Waals surface area contributed by atoms with Gasteiger partial charge in [-0.15, -0.1) is 0 Å². The Morgan fingerprint density at radius 2 is 1.90 bits per heavy atom. The molecule has 0 spiro atoms. The maximum Gasteiger partial charge on any atom is 0.255 e. The Balaban J connectivity index is 1.37. The molecule has 0 aromatic heterocycles. The van der Waals surface area contributed by atoms with Gasteiger partial charge in [-0.3, -0.25) is 19.7 Å². The molecule has 3 heterocycles. The first-order valence-electron chi connectivity index (χ1n) is 10.3. The number of amides is 3. The highest BCUT2D eigenvalue weighted by Gasteiger charge is 2.39. The molecule has 2 atom stereocenters. The van der Waals surface area contributed by atoms with Gasteiger partial charge in [0.15, 0.2) is 0 Å². The van der Waals surface area contributed by atoms with Gasteiger partial charge in [0.05, 0.1) is 0 Å². The minimum absolute atomic E-state index is 0.0824. The molecule has 3 aliphatic rings. The van der Waals surface area contributed by atoms with E-state index >= 15 is 0 Å². The zero-order valence-corrected chi connectivity index (χ0v) is 16.6. The van der Waals surface area contributed by atoms with Gasteiger partial charge in [-0.25, -0.2) is 0 Å². The van der Waals surface area contributed by atoms with Crippen LogP contribution in [-0.2, 0) is 29.1 Å². The second-order valence-electron chi connectivity index (χ2n) is 8.36. The van der Waals surface area contributed by atoms with Crippen molar-refractivity contribution in [3.8, 4) is 0 Å². The van der Waals surface area contributed by atoms with Crippen LogP contribution in [0.25, 0.3) is 0 Å². The average molecular weight is 404 g/mol. The van der Waals surface area contributed by atoms with Gasteiger partial charge in [0.2, 0.25) is 11.8 Å². The van der Waals surface area contributed by atoms with Crippen molar-refractivity contribution in [1.29, 1.82) is 0 Å². The Morgan fingerprint density at radius 3 is 2.73 bits per heavy atom. The number of imide groups is 1. The molecule has 3 aliphatic heterocycles. The van der Waals surface area contributed by atoms with Gasteiger partial charge in [-0.05, 0) is 41.7 Å². The van der Waals surface area contributed by atoms with E-state index in [9.17, 15) is 14.4 Å². The number of carbonyl (C=O) groups is 3. The van der Waals surface area contributed by atoms with Gasteiger partial charge in [-0.2, -0.15) is 0 Å². The van der Waals surface area contributed by atoms with Gasteiger partial charge < -0.3 is 15.5 Å². The number of nitrogens with two attached hydrogens (primary N) is 1. The molecule has 2 aromatic carbocycles. The molecule has 3 amide bonds. The standard InChI is InChI=1S/C23H24N4O3/c24-17-10-15-3-1-2-4-19(15)26(13-17)11-14-5-6-16-12-27(23(30)18(16)9-14)20-7-8-21(28)25-22(20)29/h1-6,9,17,20H,7-8,10-13,24H2,(H,25,28,29). The quantitative estimate of drug-likeness (QED) is 0.753. The average Bonchev–Trinajstić information content (AvgIpc) is 3.04. The number of piperidine rings is 1. The van der Waals surface area contributed by atoms with Crippen molar-refractivity contribution >= 4 is 23.4 Å². The van der Waals surface area contributed by atoms with Crippen LogP contribution in [0.2, 0.25) is 0 Å². The fourth-order valence-corrected chi connectivity index (χ4v) is 4.79. The molecule has 0 saturated carbocycles. The monoisotopic (exact) mass is 404 g/mol. The van der Waals surface area contributed by atoms with Gasteiger partial charge in [0.25, 0.3) is 5.91 Å². The molecule has 2 aromatic rings. The highest BCUT2D eigenvalue weighted by Crippen LogP contribution is 2.31. The summed E-state index contributed by atoms with van der Waals surface area (Å²) in [6.45, 7) is 1.84. The fraction of sp³-hybridized carbons (Fsp3) is 0.348. The molecule has 30 heavy (non-hydrogen) atoms. The fourth-order valence-electron chi connectivity index (χ4n) is 4.79. The van der Waals surface area contributed by atoms with E-state index in [0.29, 0.717) is 25.1 Å². The lowest BCUT2D eigenvalue weighted by Crippen LogP contribution is -2.52. The van der Waals surface area contributed by atoms with Crippen LogP contribution in [0.3, 0.4) is 0 Å². The third-order valence-corrected chi connectivity index (χ3v) is 6.24. The molecule has 3 N–H and O–H groups in total. The normalized spacial score (nSPS) is 23.3. The number of anilines is 1. The molecule has 7 heteroatoms. The van der Waals surface area contributed by atoms with Crippen LogP contribution in [0.1, 0.15) is 39.9 Å². The summed E-state index contributed by atoms with van der Waals surface area (Å²) in [5.41, 5.74) is 11.3. The molecule has 5 rings (SSSR count). The van der Waals surface area contributed by atoms with E-state index in [0.717, 1.165) is 24.1 Å². The van der Waals surface area contributed by atoms with Crippen molar-refractivity contribution < 1.29 is 14.4 Å². The van der Waals surface area contributed by atoms with E-state index in [1.165, 1.54) is 11.3 Å². The second kappa shape index (κ2) is 7.25. The van der Waals surface area contributed by atoms with Crippen LogP contribution in [0, 0.1) is 0 Å². The second-order valence-corrected chi connectivity index (χ2v) is 8.36. The molecule has 1 fully saturated rings. The van der Waals surface area contributed by atoms with Crippen LogP contribution in [-0.4, -0.2) is 41.2 Å². The number of rotatable bonds is 3. The number of benzene rings is 2. The number of nitrogens with zero attached hydrogens (tertiary/aromatic N) is 2. The number of hydrogen-bond donors (Lipinski definition) is 2. The topological polar surface area (TPSA) is 95.7 Å². The van der Waals surface area contributed by atoms with Crippen molar-refractivity contribution in [2.75, 3.05) is 11.4 Å². The predicted octanol–water partition coefficient (Wildman–Crippen LogP) is 1.34. The molecule has 154 valence electrons. The van der Waals surface area contributed by atoms with Crippen LogP contribution >= 0.6 is 0 Å². The predicted molar refractivity (Wildman–Crippen MR) is 112 cm³/mol. The number of hydrogen-bond acceptors (Lipinski definition) is 5. The molecule has 7 nitrogen and oxygen atoms in total. The number of carbonyl (C=O) groups excluding carboxylic acids is 3. The summed E-state index contributed by atoms with van der Waals surface area (Å²) in [6, 6.07) is 13.8. The van der Waals surface area contributed by atoms with E-state index in [-0.39, 0.29) is 30.2 Å². The minimum atomic E-state index is -0.585. The number of nitrogens with one attached hydrogen (secondary N) is 1. The first-order valence-corrected chi connectivity index (χ1v) is 10.3. The Labute approximate surface area is 174 Å². The van der Waals surface area contributed by atoms with E-state index in [4.69, 9.17) is 5.73 Å². The third-order valence-electron chi connectivity index (χ3n) is 6.24. The largest absolute Gasteiger partial charge is 0.365 e. The van der Waals surface area contributed by atoms with E-state index in [2.05, 4.69) is 22.3 Å². The van der Waals surface area contributed by atoms with Crippen molar-refractivity contribution in [3.05, 3.63) is 64.7 Å². The Kier molecular flexibility index (Phi) is 4.55. The lowest BCUT2D eigenvalue weighted by Gasteiger charge is -2.34. The summed E-state index contributed by atoms with van der Waals surface area (Å²) >= 11 is 0. The van der Waals surface area contributed by atoms with Crippen LogP contribution in [0.4, 0.5) is 5.69 Å². The van der Waals surface area contributed by atoms with E-state index in [1.54, 1.807) is 4.90 Å². The Hall–Kier alpha value is -3.19.